The summed E-state index contributed by atoms with van der Waals surface area (Å²) in [5.74, 6) is 7.74. The van der Waals surface area contributed by atoms with E-state index in [0.29, 0.717) is 5.95 Å². The molecule has 0 spiro atoms. The van der Waals surface area contributed by atoms with Crippen molar-refractivity contribution < 1.29 is 0 Å². The summed E-state index contributed by atoms with van der Waals surface area (Å²) in [6.45, 7) is 3.12. The Balaban J connectivity index is 1.87. The Kier molecular flexibility index (Phi) is 3.52. The molecular formula is C13H19N5S. The van der Waals surface area contributed by atoms with Crippen LogP contribution in [0.4, 0.5) is 11.8 Å². The molecule has 3 rings (SSSR count). The highest BCUT2D eigenvalue weighted by molar-refractivity contribution is 7.18. The van der Waals surface area contributed by atoms with Gasteiger partial charge >= 0.3 is 0 Å². The largest absolute Gasteiger partial charge is 0.369 e. The van der Waals surface area contributed by atoms with E-state index >= 15 is 0 Å². The van der Waals surface area contributed by atoms with Crippen LogP contribution < -0.4 is 16.6 Å². The van der Waals surface area contributed by atoms with Gasteiger partial charge in [0.25, 0.3) is 0 Å². The summed E-state index contributed by atoms with van der Waals surface area (Å²) in [7, 11) is 0. The van der Waals surface area contributed by atoms with Crippen LogP contribution >= 0.6 is 11.3 Å². The highest BCUT2D eigenvalue weighted by Crippen LogP contribution is 2.33. The number of nitrogens with zero attached hydrogens (tertiary/aromatic N) is 2. The van der Waals surface area contributed by atoms with Crippen molar-refractivity contribution in [3.8, 4) is 0 Å². The van der Waals surface area contributed by atoms with Crippen LogP contribution in [0.3, 0.4) is 0 Å². The molecule has 1 fully saturated rings. The lowest BCUT2D eigenvalue weighted by molar-refractivity contribution is 0.759. The number of thiophene rings is 1. The third-order valence-corrected chi connectivity index (χ3v) is 4.64. The molecule has 1 saturated carbocycles. The zero-order valence-corrected chi connectivity index (χ0v) is 11.9. The van der Waals surface area contributed by atoms with Crippen molar-refractivity contribution in [3.63, 3.8) is 0 Å². The first-order chi connectivity index (χ1) is 9.30. The van der Waals surface area contributed by atoms with Gasteiger partial charge in [0.1, 0.15) is 10.6 Å². The number of anilines is 2. The first kappa shape index (κ1) is 12.6. The summed E-state index contributed by atoms with van der Waals surface area (Å²) >= 11 is 1.71. The van der Waals surface area contributed by atoms with Crippen LogP contribution in [0.2, 0.25) is 0 Å². The standard InChI is InChI=1S/C13H19N5S/c1-2-9-7-10-11(15-6-5-8-3-4-8)16-13(18-14)17-12(10)19-9/h7-8H,2-6,14H2,1H3,(H2,15,16,17,18). The number of nitrogens with one attached hydrogen (secondary N) is 2. The number of nitrogens with two attached hydrogens (primary N) is 1. The number of aryl methyl sites for hydroxylation is 1. The van der Waals surface area contributed by atoms with Gasteiger partial charge < -0.3 is 5.32 Å². The minimum absolute atomic E-state index is 0.478. The van der Waals surface area contributed by atoms with Crippen LogP contribution in [0.5, 0.6) is 0 Å². The Hall–Kier alpha value is -1.40. The second-order valence-corrected chi connectivity index (χ2v) is 6.10. The number of hydrogen-bond donors (Lipinski definition) is 3. The SMILES string of the molecule is CCc1cc2c(NCCC3CC3)nc(NN)nc2s1. The van der Waals surface area contributed by atoms with Crippen molar-refractivity contribution in [1.29, 1.82) is 0 Å². The van der Waals surface area contributed by atoms with E-state index in [1.54, 1.807) is 11.3 Å². The average Bonchev–Trinajstić information content (AvgIpc) is 3.15. The lowest BCUT2D eigenvalue weighted by atomic mass is 10.3. The quantitative estimate of drug-likeness (QED) is 0.559. The maximum absolute atomic E-state index is 5.44. The van der Waals surface area contributed by atoms with Crippen LogP contribution in [0.15, 0.2) is 6.07 Å². The van der Waals surface area contributed by atoms with Gasteiger partial charge in [-0.15, -0.1) is 11.3 Å². The summed E-state index contributed by atoms with van der Waals surface area (Å²) in [6, 6.07) is 2.18. The Morgan fingerprint density at radius 3 is 2.95 bits per heavy atom. The Morgan fingerprint density at radius 2 is 2.26 bits per heavy atom. The number of fused-ring (bicyclic) bond motifs is 1. The van der Waals surface area contributed by atoms with Gasteiger partial charge in [-0.2, -0.15) is 4.98 Å². The fraction of sp³-hybridized carbons (Fsp3) is 0.538. The van der Waals surface area contributed by atoms with Gasteiger partial charge in [0.2, 0.25) is 5.95 Å². The number of aromatic nitrogens is 2. The summed E-state index contributed by atoms with van der Waals surface area (Å²) < 4.78 is 0. The summed E-state index contributed by atoms with van der Waals surface area (Å²) in [5.41, 5.74) is 2.54. The Bertz CT molecular complexity index is 576. The van der Waals surface area contributed by atoms with Gasteiger partial charge in [0.05, 0.1) is 5.39 Å². The highest BCUT2D eigenvalue weighted by Gasteiger charge is 2.20. The lowest BCUT2D eigenvalue weighted by Crippen LogP contribution is -2.12. The minimum atomic E-state index is 0.478. The maximum Gasteiger partial charge on any atom is 0.240 e. The van der Waals surface area contributed by atoms with Gasteiger partial charge in [-0.3, -0.25) is 5.43 Å². The minimum Gasteiger partial charge on any atom is -0.369 e. The molecule has 102 valence electrons. The molecule has 0 aromatic carbocycles. The predicted molar refractivity (Wildman–Crippen MR) is 80.4 cm³/mol. The number of hydrazine groups is 1. The average molecular weight is 277 g/mol. The topological polar surface area (TPSA) is 75.9 Å². The molecule has 0 atom stereocenters. The van der Waals surface area contributed by atoms with Gasteiger partial charge in [-0.05, 0) is 24.8 Å². The molecule has 2 aromatic heterocycles. The molecule has 6 heteroatoms. The molecule has 2 aromatic rings. The zero-order valence-electron chi connectivity index (χ0n) is 11.1. The van der Waals surface area contributed by atoms with Crippen molar-refractivity contribution in [2.45, 2.75) is 32.6 Å². The molecule has 1 aliphatic rings. The van der Waals surface area contributed by atoms with E-state index < -0.39 is 0 Å². The molecule has 0 aliphatic heterocycles. The van der Waals surface area contributed by atoms with Crippen LogP contribution in [0.1, 0.15) is 31.1 Å². The number of nitrogen functional groups attached to an aromatic ring is 1. The highest BCUT2D eigenvalue weighted by atomic mass is 32.1. The normalized spacial score (nSPS) is 14.8. The summed E-state index contributed by atoms with van der Waals surface area (Å²) in [5, 5.41) is 4.54. The first-order valence-electron chi connectivity index (χ1n) is 6.81. The Morgan fingerprint density at radius 1 is 1.42 bits per heavy atom. The van der Waals surface area contributed by atoms with E-state index in [2.05, 4.69) is 33.7 Å². The second kappa shape index (κ2) is 5.30. The zero-order chi connectivity index (χ0) is 13.2. The van der Waals surface area contributed by atoms with Crippen LogP contribution in [-0.4, -0.2) is 16.5 Å². The molecule has 0 bridgehead atoms. The monoisotopic (exact) mass is 277 g/mol. The molecule has 4 N–H and O–H groups in total. The molecule has 0 unspecified atom stereocenters. The molecule has 2 heterocycles. The van der Waals surface area contributed by atoms with E-state index in [1.807, 2.05) is 0 Å². The second-order valence-electron chi connectivity index (χ2n) is 4.98. The third-order valence-electron chi connectivity index (χ3n) is 3.46. The third kappa shape index (κ3) is 2.79. The van der Waals surface area contributed by atoms with E-state index in [0.717, 1.165) is 34.9 Å². The first-order valence-corrected chi connectivity index (χ1v) is 7.62. The van der Waals surface area contributed by atoms with Crippen LogP contribution in [0.25, 0.3) is 10.2 Å². The van der Waals surface area contributed by atoms with Crippen molar-refractivity contribution in [2.75, 3.05) is 17.3 Å². The van der Waals surface area contributed by atoms with Gasteiger partial charge in [0.15, 0.2) is 0 Å². The Labute approximate surface area is 116 Å². The summed E-state index contributed by atoms with van der Waals surface area (Å²) in [4.78, 5) is 11.2. The number of rotatable bonds is 6. The van der Waals surface area contributed by atoms with E-state index in [-0.39, 0.29) is 0 Å². The van der Waals surface area contributed by atoms with Crippen molar-refractivity contribution in [3.05, 3.63) is 10.9 Å². The molecule has 0 amide bonds. The van der Waals surface area contributed by atoms with Crippen LogP contribution in [-0.2, 0) is 6.42 Å². The molecule has 5 nitrogen and oxygen atoms in total. The fourth-order valence-corrected chi connectivity index (χ4v) is 3.11. The molecule has 1 aliphatic carbocycles. The predicted octanol–water partition coefficient (Wildman–Crippen LogP) is 2.75. The maximum atomic E-state index is 5.44. The molecule has 19 heavy (non-hydrogen) atoms. The van der Waals surface area contributed by atoms with Crippen molar-refractivity contribution in [1.82, 2.24) is 9.97 Å². The van der Waals surface area contributed by atoms with E-state index in [4.69, 9.17) is 5.84 Å². The summed E-state index contributed by atoms with van der Waals surface area (Å²) in [6.07, 6.45) is 5.01. The van der Waals surface area contributed by atoms with Crippen molar-refractivity contribution >= 4 is 33.3 Å². The van der Waals surface area contributed by atoms with Crippen LogP contribution in [0, 0.1) is 5.92 Å². The molecule has 0 radical (unpaired) electrons. The van der Waals surface area contributed by atoms with E-state index in [1.165, 1.54) is 24.1 Å². The van der Waals surface area contributed by atoms with Crippen molar-refractivity contribution in [2.24, 2.45) is 11.8 Å². The number of hydrogen-bond acceptors (Lipinski definition) is 6. The fourth-order valence-electron chi connectivity index (χ4n) is 2.15. The van der Waals surface area contributed by atoms with Gasteiger partial charge in [0, 0.05) is 11.4 Å². The molecule has 0 saturated heterocycles. The van der Waals surface area contributed by atoms with Gasteiger partial charge in [-0.25, -0.2) is 10.8 Å². The smallest absolute Gasteiger partial charge is 0.240 e. The van der Waals surface area contributed by atoms with E-state index in [9.17, 15) is 0 Å². The molecular weight excluding hydrogens is 258 g/mol. The lowest BCUT2D eigenvalue weighted by Gasteiger charge is -2.07. The van der Waals surface area contributed by atoms with Gasteiger partial charge in [-0.1, -0.05) is 19.8 Å².